The SMILES string of the molecule is CN(NC(=O)c1ccc(I)cc1)C(=O)OC(C)(C)C.Cn1nc(-c2ccc(C3=CCN(C(=O)CCl)CC3)cc2)oc1=O.Cn1nc(-c2ccc(C3=CCN(C(=O)OC(C)(C)C)CC3)cc2)oc1=O.Cn1nc(-c2ccc(C3=CCNCC3)cc2)oc1=O.Cn1nc(-c2ccc(I)cc2)oc1=O.O=C(Cl)c1ccc(I)cc1. The molecule has 4 aromatic heterocycles. The van der Waals surface area contributed by atoms with Crippen molar-refractivity contribution in [3.63, 3.8) is 0 Å². The Labute approximate surface area is 689 Å². The lowest BCUT2D eigenvalue weighted by atomic mass is 9.98. The molecule has 2 N–H and O–H groups in total. The molecule has 28 nitrogen and oxygen atoms in total. The van der Waals surface area contributed by atoms with Crippen molar-refractivity contribution in [2.24, 2.45) is 28.2 Å². The second kappa shape index (κ2) is 40.4. The Hall–Kier alpha value is -9.82. The lowest BCUT2D eigenvalue weighted by Crippen LogP contribution is -2.45. The summed E-state index contributed by atoms with van der Waals surface area (Å²) in [6.45, 7) is 15.2. The largest absolute Gasteiger partial charge is 0.444 e. The molecule has 33 heteroatoms. The van der Waals surface area contributed by atoms with Crippen LogP contribution in [0.1, 0.15) is 98.2 Å². The van der Waals surface area contributed by atoms with Gasteiger partial charge in [0.05, 0.1) is 0 Å². The van der Waals surface area contributed by atoms with Crippen LogP contribution in [0.5, 0.6) is 0 Å². The van der Waals surface area contributed by atoms with Crippen LogP contribution in [-0.4, -0.2) is 147 Å². The number of halogens is 5. The van der Waals surface area contributed by atoms with Crippen molar-refractivity contribution < 1.29 is 51.1 Å². The van der Waals surface area contributed by atoms with E-state index >= 15 is 0 Å². The van der Waals surface area contributed by atoms with Gasteiger partial charge in [-0.15, -0.1) is 32.0 Å². The van der Waals surface area contributed by atoms with E-state index in [1.165, 1.54) is 38.7 Å². The molecule has 10 aromatic rings. The van der Waals surface area contributed by atoms with E-state index in [2.05, 4.69) is 105 Å². The summed E-state index contributed by atoms with van der Waals surface area (Å²) in [6.07, 6.45) is 8.00. The fourth-order valence-electron chi connectivity index (χ4n) is 10.3. The number of nitrogens with one attached hydrogen (secondary N) is 2. The normalized spacial score (nSPS) is 13.2. The van der Waals surface area contributed by atoms with Gasteiger partial charge >= 0.3 is 35.2 Å². The number of nitrogens with zero attached hydrogens (tertiary/aromatic N) is 11. The van der Waals surface area contributed by atoms with E-state index in [1.807, 2.05) is 154 Å². The third-order valence-electron chi connectivity index (χ3n) is 16.1. The second-order valence-corrected chi connectivity index (χ2v) is 31.1. The van der Waals surface area contributed by atoms with E-state index in [4.69, 9.17) is 50.3 Å². The van der Waals surface area contributed by atoms with E-state index < -0.39 is 45.6 Å². The third-order valence-corrected chi connectivity index (χ3v) is 18.7. The number of aromatic nitrogens is 8. The molecule has 13 rings (SSSR count). The van der Waals surface area contributed by atoms with Crippen LogP contribution >= 0.6 is 91.0 Å². The molecule has 0 saturated carbocycles. The number of benzene rings is 6. The molecule has 0 bridgehead atoms. The van der Waals surface area contributed by atoms with Crippen LogP contribution in [0.2, 0.25) is 0 Å². The molecular weight excluding hydrogens is 1810 g/mol. The smallest absolute Gasteiger partial charge is 0.437 e. The highest BCUT2D eigenvalue weighted by atomic mass is 127. The van der Waals surface area contributed by atoms with Crippen LogP contribution in [0.15, 0.2) is 201 Å². The molecule has 3 aliphatic rings. The molecule has 0 aliphatic carbocycles. The van der Waals surface area contributed by atoms with E-state index in [0.717, 1.165) is 90.8 Å². The summed E-state index contributed by atoms with van der Waals surface area (Å²) in [6, 6.07) is 45.1. The Kier molecular flexibility index (Phi) is 31.6. The molecule has 4 amide bonds. The zero-order valence-corrected chi connectivity index (χ0v) is 70.6. The molecule has 0 unspecified atom stereocenters. The quantitative estimate of drug-likeness (QED) is 0.0556. The number of carbonyl (C=O) groups is 5. The Morgan fingerprint density at radius 1 is 0.477 bits per heavy atom. The van der Waals surface area contributed by atoms with Crippen molar-refractivity contribution in [3.8, 4) is 45.8 Å². The number of amides is 4. The van der Waals surface area contributed by atoms with Crippen molar-refractivity contribution in [2.45, 2.75) is 72.0 Å². The van der Waals surface area contributed by atoms with Crippen molar-refractivity contribution in [1.82, 2.24) is 64.7 Å². The summed E-state index contributed by atoms with van der Waals surface area (Å²) in [7, 11) is 7.67. The molecule has 111 heavy (non-hydrogen) atoms. The van der Waals surface area contributed by atoms with Crippen molar-refractivity contribution in [3.05, 3.63) is 245 Å². The summed E-state index contributed by atoms with van der Waals surface area (Å²) in [4.78, 5) is 106. The highest BCUT2D eigenvalue weighted by Crippen LogP contribution is 2.29. The minimum Gasteiger partial charge on any atom is -0.444 e. The second-order valence-electron chi connectivity index (χ2n) is 26.7. The standard InChI is InChI=1S/C19H23N3O4.C16H16ClN3O3.C14H15N3O2.C13H17IN2O3.C9H7IN2O2.C7H4ClIO/c1-19(2,3)26-18(24)22-11-9-14(10-12-22)13-5-7-15(8-6-13)16-20-21(4)17(23)25-16;1-19-16(22)23-15(18-19)13-4-2-11(3-5-13)12-6-8-20(9-7-12)14(21)10-17;1-17-14(18)19-13(16-17)12-4-2-10(3-5-12)11-6-8-15-9-7-11;1-13(2,3)19-12(18)16(4)15-11(17)9-5-7-10(14)8-6-9;1-12-9(13)14-8(11-12)6-2-4-7(10)5-3-6;8-7(10)5-1-3-6(9)4-2-5/h5-9H,10-12H2,1-4H3;2-6H,7-10H2,1H3;2-6,15H,7-9H2,1H3;5-8H,1-4H3,(H,15,17);2-5H,1H3;1-4H. The predicted molar refractivity (Wildman–Crippen MR) is 447 cm³/mol. The lowest BCUT2D eigenvalue weighted by molar-refractivity contribution is -0.128. The first kappa shape index (κ1) is 86.8. The zero-order chi connectivity index (χ0) is 80.9. The Bertz CT molecular complexity index is 5200. The number of hydrogen-bond acceptors (Lipinski definition) is 20. The van der Waals surface area contributed by atoms with Gasteiger partial charge in [0.25, 0.3) is 11.1 Å². The molecule has 6 aromatic carbocycles. The molecule has 7 heterocycles. The number of hydrazine groups is 1. The van der Waals surface area contributed by atoms with Gasteiger partial charge in [-0.05, 0) is 289 Å². The minimum atomic E-state index is -0.605. The molecule has 3 aliphatic heterocycles. The number of aryl methyl sites for hydroxylation is 4. The van der Waals surface area contributed by atoms with Crippen LogP contribution in [-0.2, 0) is 42.5 Å². The van der Waals surface area contributed by atoms with Crippen LogP contribution in [0, 0.1) is 10.7 Å². The first-order valence-corrected chi connectivity index (χ1v) is 38.6. The highest BCUT2D eigenvalue weighted by Gasteiger charge is 2.26. The molecule has 0 radical (unpaired) electrons. The summed E-state index contributed by atoms with van der Waals surface area (Å²) in [5, 5.41) is 20.0. The van der Waals surface area contributed by atoms with Gasteiger partial charge in [0.15, 0.2) is 0 Å². The van der Waals surface area contributed by atoms with Crippen molar-refractivity contribution >= 4 is 137 Å². The van der Waals surface area contributed by atoms with Crippen LogP contribution < -0.4 is 33.8 Å². The maximum absolute atomic E-state index is 12.1. The maximum Gasteiger partial charge on any atom is 0.437 e. The topological polar surface area (TPSA) is 330 Å². The molecular formula is C78H82Cl2I3N13O15. The monoisotopic (exact) mass is 1890 g/mol. The van der Waals surface area contributed by atoms with Gasteiger partial charge in [-0.3, -0.25) is 19.8 Å². The highest BCUT2D eigenvalue weighted by molar-refractivity contribution is 14.1. The van der Waals surface area contributed by atoms with Gasteiger partial charge in [-0.2, -0.15) is 18.7 Å². The average molecular weight is 1890 g/mol. The molecule has 0 atom stereocenters. The van der Waals surface area contributed by atoms with Crippen LogP contribution in [0.25, 0.3) is 62.5 Å². The van der Waals surface area contributed by atoms with Gasteiger partial charge in [-0.1, -0.05) is 54.6 Å². The Morgan fingerprint density at radius 2 is 0.802 bits per heavy atom. The van der Waals surface area contributed by atoms with E-state index in [9.17, 15) is 43.2 Å². The lowest BCUT2D eigenvalue weighted by Gasteiger charge is -2.29. The van der Waals surface area contributed by atoms with Gasteiger partial charge < -0.3 is 42.3 Å². The van der Waals surface area contributed by atoms with Gasteiger partial charge in [-0.25, -0.2) is 33.8 Å². The predicted octanol–water partition coefficient (Wildman–Crippen LogP) is 13.5. The molecule has 584 valence electrons. The Balaban J connectivity index is 0.000000171. The molecule has 0 fully saturated rings. The molecule has 0 spiro atoms. The van der Waals surface area contributed by atoms with Crippen LogP contribution in [0.3, 0.4) is 0 Å². The fourth-order valence-corrected chi connectivity index (χ4v) is 11.6. The third kappa shape index (κ3) is 26.7. The van der Waals surface area contributed by atoms with Crippen LogP contribution in [0.4, 0.5) is 9.59 Å². The number of alkyl halides is 1. The van der Waals surface area contributed by atoms with E-state index in [-0.39, 0.29) is 23.8 Å². The van der Waals surface area contributed by atoms with Gasteiger partial charge in [0.2, 0.25) is 29.5 Å². The zero-order valence-electron chi connectivity index (χ0n) is 62.6. The first-order chi connectivity index (χ1) is 52.6. The fraction of sp³-hybridized carbons (Fsp3) is 0.295. The van der Waals surface area contributed by atoms with Gasteiger partial charge in [0.1, 0.15) is 17.1 Å². The van der Waals surface area contributed by atoms with Gasteiger partial charge in [0, 0.05) is 112 Å². The summed E-state index contributed by atoms with van der Waals surface area (Å²) < 4.78 is 38.6. The summed E-state index contributed by atoms with van der Waals surface area (Å²) in [5.74, 6) is -0.909. The van der Waals surface area contributed by atoms with E-state index in [1.54, 1.807) is 83.0 Å². The molecule has 0 saturated heterocycles. The summed E-state index contributed by atoms with van der Waals surface area (Å²) >= 11 is 17.3. The maximum atomic E-state index is 12.1. The number of hydrogen-bond donors (Lipinski definition) is 2. The Morgan fingerprint density at radius 3 is 1.10 bits per heavy atom. The number of ether oxygens (including phenoxy) is 2. The number of carbonyl (C=O) groups excluding carboxylic acids is 5. The number of rotatable bonds is 10. The van der Waals surface area contributed by atoms with Crippen molar-refractivity contribution in [1.29, 1.82) is 0 Å². The van der Waals surface area contributed by atoms with Crippen molar-refractivity contribution in [2.75, 3.05) is 52.2 Å². The average Bonchev–Trinajstić information content (AvgIpc) is 1.75. The van der Waals surface area contributed by atoms with E-state index in [0.29, 0.717) is 60.9 Å². The minimum absolute atomic E-state index is 0.0210. The summed E-state index contributed by atoms with van der Waals surface area (Å²) in [5.41, 5.74) is 12.6. The first-order valence-electron chi connectivity index (χ1n) is 34.4.